The Morgan fingerprint density at radius 1 is 1.50 bits per heavy atom. The predicted molar refractivity (Wildman–Crippen MR) is 65.4 cm³/mol. The molecule has 4 nitrogen and oxygen atoms in total. The second kappa shape index (κ2) is 5.30. The standard InChI is InChI=1S/C11H18N2O2S/c1-4-11(5-2,9(14)15-6-3)8-7-16-10(12)13-8/h7H,4-6H2,1-3H3,(H2,12,13). The van der Waals surface area contributed by atoms with Crippen LogP contribution in [0.3, 0.4) is 0 Å². The fourth-order valence-corrected chi connectivity index (χ4v) is 2.44. The van der Waals surface area contributed by atoms with Gasteiger partial charge in [-0.05, 0) is 19.8 Å². The summed E-state index contributed by atoms with van der Waals surface area (Å²) >= 11 is 1.36. The number of esters is 1. The molecule has 0 amide bonds. The third-order valence-corrected chi connectivity index (χ3v) is 3.56. The maximum Gasteiger partial charge on any atom is 0.318 e. The van der Waals surface area contributed by atoms with Crippen molar-refractivity contribution in [1.82, 2.24) is 4.98 Å². The topological polar surface area (TPSA) is 65.2 Å². The normalized spacial score (nSPS) is 11.4. The third kappa shape index (κ3) is 2.19. The van der Waals surface area contributed by atoms with E-state index in [0.717, 1.165) is 5.69 Å². The lowest BCUT2D eigenvalue weighted by molar-refractivity contribution is -0.150. The van der Waals surface area contributed by atoms with Crippen LogP contribution >= 0.6 is 11.3 Å². The molecule has 1 aromatic heterocycles. The second-order valence-electron chi connectivity index (χ2n) is 3.58. The van der Waals surface area contributed by atoms with Crippen LogP contribution in [0.4, 0.5) is 5.13 Å². The van der Waals surface area contributed by atoms with E-state index >= 15 is 0 Å². The minimum atomic E-state index is -0.635. The van der Waals surface area contributed by atoms with Crippen molar-refractivity contribution >= 4 is 22.4 Å². The molecule has 90 valence electrons. The van der Waals surface area contributed by atoms with Crippen LogP contribution in [0.5, 0.6) is 0 Å². The summed E-state index contributed by atoms with van der Waals surface area (Å²) in [6, 6.07) is 0. The van der Waals surface area contributed by atoms with Crippen LogP contribution in [0, 0.1) is 0 Å². The Balaban J connectivity index is 3.09. The van der Waals surface area contributed by atoms with Crippen molar-refractivity contribution in [1.29, 1.82) is 0 Å². The number of thiazole rings is 1. The van der Waals surface area contributed by atoms with Gasteiger partial charge in [0, 0.05) is 5.38 Å². The summed E-state index contributed by atoms with van der Waals surface area (Å²) in [7, 11) is 0. The number of aromatic nitrogens is 1. The Kier molecular flexibility index (Phi) is 4.29. The molecule has 16 heavy (non-hydrogen) atoms. The van der Waals surface area contributed by atoms with Crippen molar-refractivity contribution in [2.45, 2.75) is 39.0 Å². The first-order valence-electron chi connectivity index (χ1n) is 5.49. The largest absolute Gasteiger partial charge is 0.465 e. The van der Waals surface area contributed by atoms with Gasteiger partial charge in [-0.15, -0.1) is 11.3 Å². The number of rotatable bonds is 5. The molecular formula is C11H18N2O2S. The molecule has 0 bridgehead atoms. The molecule has 0 saturated heterocycles. The van der Waals surface area contributed by atoms with Crippen molar-refractivity contribution < 1.29 is 9.53 Å². The number of nitrogen functional groups attached to an aromatic ring is 1. The van der Waals surface area contributed by atoms with E-state index in [1.807, 2.05) is 26.2 Å². The van der Waals surface area contributed by atoms with Crippen LogP contribution in [-0.4, -0.2) is 17.6 Å². The molecule has 1 rings (SSSR count). The summed E-state index contributed by atoms with van der Waals surface area (Å²) in [6.45, 7) is 6.13. The van der Waals surface area contributed by atoms with Gasteiger partial charge in [0.15, 0.2) is 5.13 Å². The van der Waals surface area contributed by atoms with Crippen molar-refractivity contribution in [2.75, 3.05) is 12.3 Å². The number of nitrogens with zero attached hydrogens (tertiary/aromatic N) is 1. The molecule has 0 aliphatic heterocycles. The summed E-state index contributed by atoms with van der Waals surface area (Å²) in [5, 5.41) is 2.34. The molecule has 1 heterocycles. The molecule has 0 fully saturated rings. The van der Waals surface area contributed by atoms with E-state index in [-0.39, 0.29) is 5.97 Å². The minimum absolute atomic E-state index is 0.203. The predicted octanol–water partition coefficient (Wildman–Crippen LogP) is 2.35. The van der Waals surface area contributed by atoms with Crippen molar-refractivity contribution in [2.24, 2.45) is 0 Å². The first-order valence-corrected chi connectivity index (χ1v) is 6.37. The van der Waals surface area contributed by atoms with Crippen molar-refractivity contribution in [3.05, 3.63) is 11.1 Å². The molecule has 0 saturated carbocycles. The first-order chi connectivity index (χ1) is 7.60. The van der Waals surface area contributed by atoms with Crippen LogP contribution < -0.4 is 5.73 Å². The fraction of sp³-hybridized carbons (Fsp3) is 0.636. The van der Waals surface area contributed by atoms with Crippen LogP contribution in [-0.2, 0) is 14.9 Å². The zero-order valence-electron chi connectivity index (χ0n) is 9.95. The molecule has 5 heteroatoms. The highest BCUT2D eigenvalue weighted by Gasteiger charge is 2.40. The highest BCUT2D eigenvalue weighted by Crippen LogP contribution is 2.34. The number of ether oxygens (including phenoxy) is 1. The van der Waals surface area contributed by atoms with Crippen LogP contribution in [0.1, 0.15) is 39.3 Å². The number of carbonyl (C=O) groups excluding carboxylic acids is 1. The van der Waals surface area contributed by atoms with Gasteiger partial charge in [-0.25, -0.2) is 4.98 Å². The SMILES string of the molecule is CCOC(=O)C(CC)(CC)c1csc(N)n1. The zero-order chi connectivity index (χ0) is 12.2. The molecule has 0 aliphatic rings. The smallest absolute Gasteiger partial charge is 0.318 e. The lowest BCUT2D eigenvalue weighted by atomic mass is 9.80. The zero-order valence-corrected chi connectivity index (χ0v) is 10.8. The lowest BCUT2D eigenvalue weighted by Crippen LogP contribution is -2.36. The van der Waals surface area contributed by atoms with Crippen molar-refractivity contribution in [3.8, 4) is 0 Å². The molecule has 0 aliphatic carbocycles. The Hall–Kier alpha value is -1.10. The molecular weight excluding hydrogens is 224 g/mol. The van der Waals surface area contributed by atoms with E-state index in [1.165, 1.54) is 11.3 Å². The quantitative estimate of drug-likeness (QED) is 0.805. The number of anilines is 1. The maximum absolute atomic E-state index is 12.0. The monoisotopic (exact) mass is 242 g/mol. The van der Waals surface area contributed by atoms with Gasteiger partial charge >= 0.3 is 5.97 Å². The summed E-state index contributed by atoms with van der Waals surface area (Å²) in [6.07, 6.45) is 1.34. The fourth-order valence-electron chi connectivity index (χ4n) is 1.78. The Morgan fingerprint density at radius 2 is 2.12 bits per heavy atom. The van der Waals surface area contributed by atoms with Crippen LogP contribution in [0.25, 0.3) is 0 Å². The molecule has 0 spiro atoms. The molecule has 1 aromatic rings. The van der Waals surface area contributed by atoms with Gasteiger partial charge in [0.25, 0.3) is 0 Å². The van der Waals surface area contributed by atoms with Crippen LogP contribution in [0.2, 0.25) is 0 Å². The Labute approximate surface area is 99.8 Å². The molecule has 2 N–H and O–H groups in total. The second-order valence-corrected chi connectivity index (χ2v) is 4.47. The van der Waals surface area contributed by atoms with Crippen molar-refractivity contribution in [3.63, 3.8) is 0 Å². The minimum Gasteiger partial charge on any atom is -0.465 e. The summed E-state index contributed by atoms with van der Waals surface area (Å²) in [5.41, 5.74) is 5.71. The Morgan fingerprint density at radius 3 is 2.50 bits per heavy atom. The summed E-state index contributed by atoms with van der Waals surface area (Å²) < 4.78 is 5.14. The van der Waals surface area contributed by atoms with Gasteiger partial charge < -0.3 is 10.5 Å². The van der Waals surface area contributed by atoms with Gasteiger partial charge in [0.1, 0.15) is 5.41 Å². The van der Waals surface area contributed by atoms with Gasteiger partial charge in [-0.3, -0.25) is 4.79 Å². The number of hydrogen-bond acceptors (Lipinski definition) is 5. The number of nitrogens with two attached hydrogens (primary N) is 1. The summed E-state index contributed by atoms with van der Waals surface area (Å²) in [5.74, 6) is -0.203. The van der Waals surface area contributed by atoms with E-state index in [0.29, 0.717) is 24.6 Å². The molecule has 0 radical (unpaired) electrons. The third-order valence-electron chi connectivity index (χ3n) is 2.89. The van der Waals surface area contributed by atoms with Crippen LogP contribution in [0.15, 0.2) is 5.38 Å². The molecule has 0 unspecified atom stereocenters. The van der Waals surface area contributed by atoms with E-state index in [4.69, 9.17) is 10.5 Å². The van der Waals surface area contributed by atoms with E-state index in [9.17, 15) is 4.79 Å². The first kappa shape index (κ1) is 13.0. The van der Waals surface area contributed by atoms with E-state index < -0.39 is 5.41 Å². The Bertz CT molecular complexity index is 359. The average Bonchev–Trinajstić information content (AvgIpc) is 2.69. The van der Waals surface area contributed by atoms with E-state index in [1.54, 1.807) is 0 Å². The van der Waals surface area contributed by atoms with Gasteiger partial charge in [-0.2, -0.15) is 0 Å². The molecule has 0 atom stereocenters. The highest BCUT2D eigenvalue weighted by molar-refractivity contribution is 7.13. The number of carbonyl (C=O) groups is 1. The molecule has 0 aromatic carbocycles. The maximum atomic E-state index is 12.0. The van der Waals surface area contributed by atoms with Gasteiger partial charge in [0.2, 0.25) is 0 Å². The highest BCUT2D eigenvalue weighted by atomic mass is 32.1. The van der Waals surface area contributed by atoms with E-state index in [2.05, 4.69) is 4.98 Å². The summed E-state index contributed by atoms with van der Waals surface area (Å²) in [4.78, 5) is 16.3. The lowest BCUT2D eigenvalue weighted by Gasteiger charge is -2.27. The van der Waals surface area contributed by atoms with Gasteiger partial charge in [0.05, 0.1) is 12.3 Å². The van der Waals surface area contributed by atoms with Gasteiger partial charge in [-0.1, -0.05) is 13.8 Å². The number of hydrogen-bond donors (Lipinski definition) is 1. The average molecular weight is 242 g/mol.